The Kier molecular flexibility index (Phi) is 6.60. The number of aromatic nitrogens is 4. The van der Waals surface area contributed by atoms with Crippen molar-refractivity contribution in [3.05, 3.63) is 100 Å². The number of amides is 1. The number of nitrogens with two attached hydrogens (primary N) is 1. The number of piperidine rings is 1. The number of benzene rings is 2. The molecular formula is C29H26ClN7O2. The highest BCUT2D eigenvalue weighted by atomic mass is 35.5. The first-order valence-electron chi connectivity index (χ1n) is 12.7. The molecule has 4 N–H and O–H groups in total. The molecule has 6 rings (SSSR count). The summed E-state index contributed by atoms with van der Waals surface area (Å²) in [7, 11) is 0. The lowest BCUT2D eigenvalue weighted by atomic mass is 10.1. The number of fused-ring (bicyclic) bond motifs is 1. The lowest BCUT2D eigenvalue weighted by Gasteiger charge is -2.24. The Hall–Kier alpha value is -4.47. The maximum atomic E-state index is 13.1. The molecule has 9 nitrogen and oxygen atoms in total. The van der Waals surface area contributed by atoms with Gasteiger partial charge in [-0.2, -0.15) is 0 Å². The maximum absolute atomic E-state index is 13.1. The molecule has 10 heteroatoms. The number of nitrogens with zero attached hydrogens (tertiary/aromatic N) is 4. The summed E-state index contributed by atoms with van der Waals surface area (Å²) < 4.78 is 3.62. The van der Waals surface area contributed by atoms with Crippen molar-refractivity contribution in [1.82, 2.24) is 24.4 Å². The Morgan fingerprint density at radius 1 is 1.03 bits per heavy atom. The molecule has 0 unspecified atom stereocenters. The lowest BCUT2D eigenvalue weighted by molar-refractivity contribution is 0.102. The van der Waals surface area contributed by atoms with Crippen LogP contribution >= 0.6 is 11.6 Å². The van der Waals surface area contributed by atoms with Crippen molar-refractivity contribution >= 4 is 40.0 Å². The van der Waals surface area contributed by atoms with Crippen LogP contribution in [-0.2, 0) is 0 Å². The van der Waals surface area contributed by atoms with Gasteiger partial charge in [0.05, 0.1) is 5.39 Å². The Morgan fingerprint density at radius 3 is 2.51 bits per heavy atom. The van der Waals surface area contributed by atoms with E-state index < -0.39 is 11.5 Å². The number of hydrogen-bond acceptors (Lipinski definition) is 6. The highest BCUT2D eigenvalue weighted by Crippen LogP contribution is 2.36. The maximum Gasteiger partial charge on any atom is 0.267 e. The summed E-state index contributed by atoms with van der Waals surface area (Å²) in [5.41, 5.74) is 9.79. The third kappa shape index (κ3) is 4.78. The molecule has 4 heterocycles. The predicted molar refractivity (Wildman–Crippen MR) is 154 cm³/mol. The average molecular weight is 540 g/mol. The van der Waals surface area contributed by atoms with Crippen LogP contribution in [0.4, 0.5) is 11.5 Å². The zero-order valence-electron chi connectivity index (χ0n) is 21.0. The van der Waals surface area contributed by atoms with Crippen LogP contribution in [0.3, 0.4) is 0 Å². The molecule has 0 radical (unpaired) electrons. The van der Waals surface area contributed by atoms with Crippen LogP contribution in [0.2, 0.25) is 5.02 Å². The Morgan fingerprint density at radius 2 is 1.77 bits per heavy atom. The van der Waals surface area contributed by atoms with E-state index in [1.165, 1.54) is 17.0 Å². The Labute approximate surface area is 229 Å². The van der Waals surface area contributed by atoms with Gasteiger partial charge in [0.1, 0.15) is 23.4 Å². The normalized spacial score (nSPS) is 14.0. The van der Waals surface area contributed by atoms with E-state index in [-0.39, 0.29) is 5.56 Å². The van der Waals surface area contributed by atoms with Gasteiger partial charge in [0, 0.05) is 40.4 Å². The Bertz CT molecular complexity index is 1720. The summed E-state index contributed by atoms with van der Waals surface area (Å²) in [5.74, 6) is -0.0580. The molecule has 196 valence electrons. The molecule has 0 atom stereocenters. The highest BCUT2D eigenvalue weighted by molar-refractivity contribution is 6.30. The number of hydrogen-bond donors (Lipinski definition) is 3. The second-order valence-electron chi connectivity index (χ2n) is 9.49. The van der Waals surface area contributed by atoms with Gasteiger partial charge < -0.3 is 20.9 Å². The summed E-state index contributed by atoms with van der Waals surface area (Å²) in [6.45, 7) is 1.92. The molecule has 0 saturated carbocycles. The molecule has 1 saturated heterocycles. The van der Waals surface area contributed by atoms with E-state index in [9.17, 15) is 9.59 Å². The van der Waals surface area contributed by atoms with E-state index >= 15 is 0 Å². The fraction of sp³-hybridized carbons (Fsp3) is 0.172. The van der Waals surface area contributed by atoms with Crippen molar-refractivity contribution in [3.8, 4) is 16.8 Å². The number of halogens is 1. The van der Waals surface area contributed by atoms with Gasteiger partial charge in [0.2, 0.25) is 0 Å². The molecule has 39 heavy (non-hydrogen) atoms. The molecule has 1 fully saturated rings. The molecule has 1 aliphatic rings. The highest BCUT2D eigenvalue weighted by Gasteiger charge is 2.22. The SMILES string of the molecule is Nc1ncnc2c1c(-c1ccc(NC(=O)c3cccn(-c4ccc(Cl)cc4)c3=O)cc1)cn2C1CCNCC1. The molecule has 1 amide bonds. The van der Waals surface area contributed by atoms with E-state index in [4.69, 9.17) is 17.3 Å². The molecule has 0 spiro atoms. The first kappa shape index (κ1) is 24.8. The summed E-state index contributed by atoms with van der Waals surface area (Å²) in [4.78, 5) is 34.9. The number of nitrogen functional groups attached to an aromatic ring is 1. The van der Waals surface area contributed by atoms with Gasteiger partial charge in [-0.3, -0.25) is 14.2 Å². The number of rotatable bonds is 5. The largest absolute Gasteiger partial charge is 0.383 e. The molecule has 2 aromatic carbocycles. The van der Waals surface area contributed by atoms with E-state index in [1.807, 2.05) is 24.3 Å². The zero-order chi connectivity index (χ0) is 26.9. The average Bonchev–Trinajstić information content (AvgIpc) is 3.36. The third-order valence-corrected chi connectivity index (χ3v) is 7.34. The standard InChI is InChI=1S/C29H26ClN7O2/c30-19-5-9-21(10-6-19)36-15-1-2-23(29(36)39)28(38)35-20-7-3-18(4-8-20)24-16-37(22-11-13-32-14-12-22)27-25(24)26(31)33-17-34-27/h1-10,15-17,22,32H,11-14H2,(H,35,38)(H2,31,33,34). The van der Waals surface area contributed by atoms with Crippen LogP contribution < -0.4 is 21.9 Å². The minimum Gasteiger partial charge on any atom is -0.383 e. The van der Waals surface area contributed by atoms with Gasteiger partial charge in [-0.15, -0.1) is 0 Å². The van der Waals surface area contributed by atoms with Crippen LogP contribution in [0.1, 0.15) is 29.2 Å². The van der Waals surface area contributed by atoms with Crippen LogP contribution in [-0.4, -0.2) is 38.1 Å². The van der Waals surface area contributed by atoms with Crippen LogP contribution in [0.5, 0.6) is 0 Å². The van der Waals surface area contributed by atoms with Gasteiger partial charge in [0.15, 0.2) is 0 Å². The number of pyridine rings is 1. The molecule has 5 aromatic rings. The smallest absolute Gasteiger partial charge is 0.267 e. The summed E-state index contributed by atoms with van der Waals surface area (Å²) in [6, 6.07) is 17.8. The van der Waals surface area contributed by atoms with Crippen LogP contribution in [0, 0.1) is 0 Å². The summed E-state index contributed by atoms with van der Waals surface area (Å²) in [6.07, 6.45) is 7.24. The molecule has 0 aliphatic carbocycles. The topological polar surface area (TPSA) is 120 Å². The fourth-order valence-corrected chi connectivity index (χ4v) is 5.22. The molecular weight excluding hydrogens is 514 g/mol. The van der Waals surface area contributed by atoms with Crippen LogP contribution in [0.25, 0.3) is 27.8 Å². The van der Waals surface area contributed by atoms with Gasteiger partial charge in [-0.1, -0.05) is 23.7 Å². The van der Waals surface area contributed by atoms with Crippen molar-refractivity contribution < 1.29 is 4.79 Å². The number of carbonyl (C=O) groups excluding carboxylic acids is 1. The van der Waals surface area contributed by atoms with Crippen molar-refractivity contribution in [1.29, 1.82) is 0 Å². The minimum atomic E-state index is -0.490. The predicted octanol–water partition coefficient (Wildman–Crippen LogP) is 4.66. The van der Waals surface area contributed by atoms with Crippen LogP contribution in [0.15, 0.2) is 84.2 Å². The zero-order valence-corrected chi connectivity index (χ0v) is 21.7. The first-order valence-corrected chi connectivity index (χ1v) is 13.1. The van der Waals surface area contributed by atoms with E-state index in [0.717, 1.165) is 48.1 Å². The van der Waals surface area contributed by atoms with Crippen molar-refractivity contribution in [3.63, 3.8) is 0 Å². The van der Waals surface area contributed by atoms with E-state index in [2.05, 4.69) is 31.4 Å². The molecule has 1 aliphatic heterocycles. The fourth-order valence-electron chi connectivity index (χ4n) is 5.09. The van der Waals surface area contributed by atoms with Crippen molar-refractivity contribution in [2.24, 2.45) is 0 Å². The van der Waals surface area contributed by atoms with Gasteiger partial charge in [0.25, 0.3) is 11.5 Å². The summed E-state index contributed by atoms with van der Waals surface area (Å²) >= 11 is 5.97. The monoisotopic (exact) mass is 539 g/mol. The number of anilines is 2. The third-order valence-electron chi connectivity index (χ3n) is 7.09. The van der Waals surface area contributed by atoms with E-state index in [0.29, 0.717) is 28.3 Å². The lowest BCUT2D eigenvalue weighted by Crippen LogP contribution is -2.29. The number of carbonyl (C=O) groups is 1. The quantitative estimate of drug-likeness (QED) is 0.299. The van der Waals surface area contributed by atoms with Gasteiger partial charge in [-0.25, -0.2) is 9.97 Å². The Balaban J connectivity index is 1.27. The molecule has 3 aromatic heterocycles. The van der Waals surface area contributed by atoms with Gasteiger partial charge >= 0.3 is 0 Å². The van der Waals surface area contributed by atoms with Gasteiger partial charge in [-0.05, 0) is 80.0 Å². The minimum absolute atomic E-state index is 0.0338. The second-order valence-corrected chi connectivity index (χ2v) is 9.93. The summed E-state index contributed by atoms with van der Waals surface area (Å²) in [5, 5.41) is 7.62. The van der Waals surface area contributed by atoms with Crippen molar-refractivity contribution in [2.75, 3.05) is 24.1 Å². The first-order chi connectivity index (χ1) is 19.0. The van der Waals surface area contributed by atoms with E-state index in [1.54, 1.807) is 36.5 Å². The second kappa shape index (κ2) is 10.4. The molecule has 0 bridgehead atoms. The van der Waals surface area contributed by atoms with Crippen molar-refractivity contribution in [2.45, 2.75) is 18.9 Å². The number of nitrogens with one attached hydrogen (secondary N) is 2.